The molecule has 1 aliphatic heterocycles. The van der Waals surface area contributed by atoms with Crippen LogP contribution in [0.25, 0.3) is 0 Å². The number of benzene rings is 1. The van der Waals surface area contributed by atoms with E-state index in [1.54, 1.807) is 12.1 Å². The number of carbonyl (C=O) groups excluding carboxylic acids is 2. The van der Waals surface area contributed by atoms with Gasteiger partial charge in [-0.05, 0) is 37.3 Å². The summed E-state index contributed by atoms with van der Waals surface area (Å²) in [5, 5.41) is 3.10. The first kappa shape index (κ1) is 21.4. The third kappa shape index (κ3) is 6.31. The molecular formula is C20H29ClN2O4. The Balaban J connectivity index is 1.93. The Morgan fingerprint density at radius 3 is 2.59 bits per heavy atom. The van der Waals surface area contributed by atoms with Gasteiger partial charge in [-0.2, -0.15) is 0 Å². The lowest BCUT2D eigenvalue weighted by molar-refractivity contribution is -0.129. The second kappa shape index (κ2) is 10.4. The molecule has 1 fully saturated rings. The fourth-order valence-corrected chi connectivity index (χ4v) is 3.16. The molecule has 0 bridgehead atoms. The van der Waals surface area contributed by atoms with E-state index in [9.17, 15) is 9.59 Å². The number of carbonyl (C=O) groups is 2. The minimum absolute atomic E-state index is 0.0808. The lowest BCUT2D eigenvalue weighted by Gasteiger charge is -2.16. The fraction of sp³-hybridized carbons (Fsp3) is 0.600. The fourth-order valence-electron chi connectivity index (χ4n) is 2.90. The molecule has 0 aromatic heterocycles. The van der Waals surface area contributed by atoms with Crippen molar-refractivity contribution < 1.29 is 19.1 Å². The van der Waals surface area contributed by atoms with Crippen LogP contribution in [-0.2, 0) is 4.79 Å². The van der Waals surface area contributed by atoms with E-state index in [2.05, 4.69) is 19.2 Å². The van der Waals surface area contributed by atoms with Crippen LogP contribution in [0.2, 0.25) is 5.02 Å². The van der Waals surface area contributed by atoms with Gasteiger partial charge in [-0.25, -0.2) is 0 Å². The summed E-state index contributed by atoms with van der Waals surface area (Å²) in [5.41, 5.74) is 0.377. The van der Waals surface area contributed by atoms with Crippen LogP contribution in [0.5, 0.6) is 11.5 Å². The standard InChI is InChI=1S/C20H29ClN2O4/c1-14(2)7-11-27-19-16(21)12-15(13-17(19)26-3)20(25)22-8-6-18(24)23-9-4-5-10-23/h12-14H,4-11H2,1-3H3,(H,22,25). The zero-order valence-corrected chi connectivity index (χ0v) is 17.1. The Labute approximate surface area is 166 Å². The highest BCUT2D eigenvalue weighted by molar-refractivity contribution is 6.32. The number of hydrogen-bond donors (Lipinski definition) is 1. The van der Waals surface area contributed by atoms with Gasteiger partial charge in [0.15, 0.2) is 11.5 Å². The number of ether oxygens (including phenoxy) is 2. The molecule has 0 spiro atoms. The molecule has 2 amide bonds. The van der Waals surface area contributed by atoms with Crippen molar-refractivity contribution in [3.63, 3.8) is 0 Å². The lowest BCUT2D eigenvalue weighted by atomic mass is 10.1. The highest BCUT2D eigenvalue weighted by atomic mass is 35.5. The Kier molecular flexibility index (Phi) is 8.23. The van der Waals surface area contributed by atoms with Crippen LogP contribution >= 0.6 is 11.6 Å². The first-order chi connectivity index (χ1) is 12.9. The van der Waals surface area contributed by atoms with Crippen LogP contribution in [0, 0.1) is 5.92 Å². The molecular weight excluding hydrogens is 368 g/mol. The summed E-state index contributed by atoms with van der Waals surface area (Å²) in [7, 11) is 1.51. The molecule has 1 saturated heterocycles. The summed E-state index contributed by atoms with van der Waals surface area (Å²) < 4.78 is 11.1. The molecule has 1 heterocycles. The van der Waals surface area contributed by atoms with Gasteiger partial charge in [-0.1, -0.05) is 25.4 Å². The molecule has 0 aliphatic carbocycles. The first-order valence-corrected chi connectivity index (χ1v) is 9.86. The molecule has 7 heteroatoms. The molecule has 27 heavy (non-hydrogen) atoms. The van der Waals surface area contributed by atoms with Crippen molar-refractivity contribution in [3.05, 3.63) is 22.7 Å². The van der Waals surface area contributed by atoms with Crippen molar-refractivity contribution in [1.29, 1.82) is 0 Å². The predicted octanol–water partition coefficient (Wildman–Crippen LogP) is 3.52. The summed E-state index contributed by atoms with van der Waals surface area (Å²) in [6, 6.07) is 3.17. The monoisotopic (exact) mass is 396 g/mol. The predicted molar refractivity (Wildman–Crippen MR) is 106 cm³/mol. The average molecular weight is 397 g/mol. The van der Waals surface area contributed by atoms with Crippen molar-refractivity contribution >= 4 is 23.4 Å². The van der Waals surface area contributed by atoms with Crippen molar-refractivity contribution in [3.8, 4) is 11.5 Å². The number of hydrogen-bond acceptors (Lipinski definition) is 4. The smallest absolute Gasteiger partial charge is 0.251 e. The second-order valence-electron chi connectivity index (χ2n) is 7.11. The van der Waals surface area contributed by atoms with Gasteiger partial charge >= 0.3 is 0 Å². The Morgan fingerprint density at radius 2 is 1.96 bits per heavy atom. The van der Waals surface area contributed by atoms with E-state index >= 15 is 0 Å². The van der Waals surface area contributed by atoms with Crippen molar-refractivity contribution in [2.45, 2.75) is 39.5 Å². The highest BCUT2D eigenvalue weighted by Gasteiger charge is 2.19. The van der Waals surface area contributed by atoms with Gasteiger partial charge in [-0.3, -0.25) is 9.59 Å². The molecule has 0 saturated carbocycles. The minimum Gasteiger partial charge on any atom is -0.493 e. The maximum atomic E-state index is 12.4. The number of amides is 2. The van der Waals surface area contributed by atoms with Crippen molar-refractivity contribution in [2.75, 3.05) is 33.4 Å². The number of rotatable bonds is 9. The van der Waals surface area contributed by atoms with E-state index in [4.69, 9.17) is 21.1 Å². The maximum Gasteiger partial charge on any atom is 0.251 e. The van der Waals surface area contributed by atoms with E-state index in [1.807, 2.05) is 4.90 Å². The third-order valence-corrected chi connectivity index (χ3v) is 4.80. The Morgan fingerprint density at radius 1 is 1.26 bits per heavy atom. The minimum atomic E-state index is -0.293. The molecule has 1 aromatic rings. The van der Waals surface area contributed by atoms with E-state index in [-0.39, 0.29) is 11.8 Å². The van der Waals surface area contributed by atoms with Gasteiger partial charge in [0.25, 0.3) is 5.91 Å². The van der Waals surface area contributed by atoms with Gasteiger partial charge < -0.3 is 19.7 Å². The van der Waals surface area contributed by atoms with Crippen LogP contribution in [0.4, 0.5) is 0 Å². The summed E-state index contributed by atoms with van der Waals surface area (Å²) in [6.07, 6.45) is 3.31. The second-order valence-corrected chi connectivity index (χ2v) is 7.52. The molecule has 1 N–H and O–H groups in total. The van der Waals surface area contributed by atoms with E-state index in [0.717, 1.165) is 32.4 Å². The van der Waals surface area contributed by atoms with E-state index in [0.29, 0.717) is 47.6 Å². The van der Waals surface area contributed by atoms with Crippen molar-refractivity contribution in [2.24, 2.45) is 5.92 Å². The zero-order chi connectivity index (χ0) is 19.8. The number of nitrogens with one attached hydrogen (secondary N) is 1. The van der Waals surface area contributed by atoms with Gasteiger partial charge in [-0.15, -0.1) is 0 Å². The largest absolute Gasteiger partial charge is 0.493 e. The van der Waals surface area contributed by atoms with Gasteiger partial charge in [0.05, 0.1) is 18.7 Å². The van der Waals surface area contributed by atoms with Crippen LogP contribution in [0.15, 0.2) is 12.1 Å². The van der Waals surface area contributed by atoms with E-state index in [1.165, 1.54) is 7.11 Å². The zero-order valence-electron chi connectivity index (χ0n) is 16.3. The maximum absolute atomic E-state index is 12.4. The highest BCUT2D eigenvalue weighted by Crippen LogP contribution is 2.36. The first-order valence-electron chi connectivity index (χ1n) is 9.48. The van der Waals surface area contributed by atoms with Gasteiger partial charge in [0.2, 0.25) is 5.91 Å². The Hall–Kier alpha value is -1.95. The van der Waals surface area contributed by atoms with Crippen LogP contribution in [-0.4, -0.2) is 50.1 Å². The number of likely N-dealkylation sites (tertiary alicyclic amines) is 1. The number of methoxy groups -OCH3 is 1. The molecule has 0 radical (unpaired) electrons. The molecule has 2 rings (SSSR count). The Bertz CT molecular complexity index is 658. The molecule has 6 nitrogen and oxygen atoms in total. The number of halogens is 1. The lowest BCUT2D eigenvalue weighted by Crippen LogP contribution is -2.32. The van der Waals surface area contributed by atoms with Crippen LogP contribution in [0.3, 0.4) is 0 Å². The summed E-state index contributed by atoms with van der Waals surface area (Å²) >= 11 is 6.30. The summed E-state index contributed by atoms with van der Waals surface area (Å²) in [5.74, 6) is 1.17. The average Bonchev–Trinajstić information content (AvgIpc) is 3.17. The van der Waals surface area contributed by atoms with Crippen LogP contribution in [0.1, 0.15) is 49.9 Å². The van der Waals surface area contributed by atoms with Gasteiger partial charge in [0, 0.05) is 31.6 Å². The van der Waals surface area contributed by atoms with Crippen molar-refractivity contribution in [1.82, 2.24) is 10.2 Å². The molecule has 150 valence electrons. The molecule has 0 atom stereocenters. The summed E-state index contributed by atoms with van der Waals surface area (Å²) in [4.78, 5) is 26.3. The van der Waals surface area contributed by atoms with Gasteiger partial charge in [0.1, 0.15) is 0 Å². The SMILES string of the molecule is COc1cc(C(=O)NCCC(=O)N2CCCC2)cc(Cl)c1OCCC(C)C. The van der Waals surface area contributed by atoms with E-state index < -0.39 is 0 Å². The quantitative estimate of drug-likeness (QED) is 0.693. The molecule has 1 aromatic carbocycles. The molecule has 0 unspecified atom stereocenters. The normalized spacial score (nSPS) is 13.7. The topological polar surface area (TPSA) is 67.9 Å². The third-order valence-electron chi connectivity index (χ3n) is 4.52. The van der Waals surface area contributed by atoms with Crippen LogP contribution < -0.4 is 14.8 Å². The molecule has 1 aliphatic rings. The summed E-state index contributed by atoms with van der Waals surface area (Å²) in [6.45, 7) is 6.68. The number of nitrogens with zero attached hydrogens (tertiary/aromatic N) is 1.